The van der Waals surface area contributed by atoms with Gasteiger partial charge in [0.15, 0.2) is 11.4 Å². The Labute approximate surface area is 202 Å². The van der Waals surface area contributed by atoms with Crippen LogP contribution in [0.25, 0.3) is 16.9 Å². The predicted molar refractivity (Wildman–Crippen MR) is 128 cm³/mol. The third kappa shape index (κ3) is 3.44. The summed E-state index contributed by atoms with van der Waals surface area (Å²) in [5.41, 5.74) is 4.07. The van der Waals surface area contributed by atoms with Gasteiger partial charge in [0.25, 0.3) is 5.91 Å². The number of rotatable bonds is 2. The maximum Gasteiger partial charge on any atom is 0.255 e. The number of hydrogen-bond donors (Lipinski definition) is 5. The Hall–Kier alpha value is -3.91. The molecule has 0 saturated heterocycles. The summed E-state index contributed by atoms with van der Waals surface area (Å²) >= 11 is 0. The molecular formula is C27H27NO7. The van der Waals surface area contributed by atoms with Gasteiger partial charge in [0.05, 0.1) is 5.56 Å². The Morgan fingerprint density at radius 3 is 2.29 bits per heavy atom. The number of nitrogens with two attached hydrogens (primary N) is 1. The van der Waals surface area contributed by atoms with Gasteiger partial charge < -0.3 is 26.2 Å². The molecule has 1 saturated carbocycles. The number of hydrogen-bond acceptors (Lipinski definition) is 7. The molecule has 2 aromatic carbocycles. The first-order chi connectivity index (χ1) is 16.7. The summed E-state index contributed by atoms with van der Waals surface area (Å²) in [6, 6.07) is 12.5. The van der Waals surface area contributed by atoms with E-state index in [-0.39, 0.29) is 36.1 Å². The molecule has 35 heavy (non-hydrogen) atoms. The number of carbonyl (C=O) groups is 3. The van der Waals surface area contributed by atoms with Crippen molar-refractivity contribution in [3.63, 3.8) is 0 Å². The zero-order chi connectivity index (χ0) is 25.7. The first kappa shape index (κ1) is 24.2. The van der Waals surface area contributed by atoms with Crippen molar-refractivity contribution in [1.82, 2.24) is 0 Å². The maximum atomic E-state index is 13.5. The number of aliphatic hydroxyl groups excluding tert-OH is 2. The smallest absolute Gasteiger partial charge is 0.255 e. The topological polar surface area (TPSA) is 158 Å². The molecule has 0 bridgehead atoms. The highest BCUT2D eigenvalue weighted by Gasteiger charge is 2.60. The van der Waals surface area contributed by atoms with Crippen molar-refractivity contribution in [3.8, 4) is 16.9 Å². The summed E-state index contributed by atoms with van der Waals surface area (Å²) in [4.78, 5) is 37.6. The number of primary amides is 1. The lowest BCUT2D eigenvalue weighted by Crippen LogP contribution is -2.58. The number of ketones is 2. The maximum absolute atomic E-state index is 13.5. The molecule has 0 aliphatic heterocycles. The standard InChI is InChI=1S/C25H21NO7.C2H6/c26-24(32)20-17(28)10-13-8-12-9-15-14(11-4-2-1-3-5-11)6-7-16(27)19(15)21(29)18(12)22(30)25(13,33)23(20)31;1-2/h1-7,12-13,27,29,31,33H,8-10H2,(H2,26,32);1-2H3/t12?,13?,25-;/m0./s1. The second-order valence-electron chi connectivity index (χ2n) is 8.76. The van der Waals surface area contributed by atoms with Gasteiger partial charge in [0, 0.05) is 17.9 Å². The Kier molecular flexibility index (Phi) is 6.02. The normalized spacial score (nSPS) is 25.2. The summed E-state index contributed by atoms with van der Waals surface area (Å²) in [5, 5.41) is 43.5. The van der Waals surface area contributed by atoms with E-state index in [9.17, 15) is 34.8 Å². The van der Waals surface area contributed by atoms with E-state index < -0.39 is 52.0 Å². The third-order valence-electron chi connectivity index (χ3n) is 7.03. The van der Waals surface area contributed by atoms with Crippen LogP contribution in [-0.4, -0.2) is 43.5 Å². The molecule has 182 valence electrons. The van der Waals surface area contributed by atoms with Crippen LogP contribution in [-0.2, 0) is 20.8 Å². The Bertz CT molecular complexity index is 1310. The molecule has 0 radical (unpaired) electrons. The fourth-order valence-corrected chi connectivity index (χ4v) is 5.51. The molecule has 5 rings (SSSR count). The molecule has 2 aromatic rings. The molecule has 6 N–H and O–H groups in total. The molecule has 3 atom stereocenters. The summed E-state index contributed by atoms with van der Waals surface area (Å²) in [6.45, 7) is 4.00. The van der Waals surface area contributed by atoms with Gasteiger partial charge in [-0.1, -0.05) is 50.2 Å². The summed E-state index contributed by atoms with van der Waals surface area (Å²) < 4.78 is 0. The van der Waals surface area contributed by atoms with E-state index in [4.69, 9.17) is 5.73 Å². The van der Waals surface area contributed by atoms with Gasteiger partial charge in [-0.05, 0) is 41.5 Å². The number of aliphatic hydroxyl groups is 3. The molecular weight excluding hydrogens is 450 g/mol. The zero-order valence-corrected chi connectivity index (χ0v) is 19.4. The van der Waals surface area contributed by atoms with Crippen LogP contribution in [0.5, 0.6) is 5.75 Å². The van der Waals surface area contributed by atoms with Crippen molar-refractivity contribution < 1.29 is 34.8 Å². The van der Waals surface area contributed by atoms with Crippen molar-refractivity contribution in [2.24, 2.45) is 17.6 Å². The van der Waals surface area contributed by atoms with Crippen LogP contribution >= 0.6 is 0 Å². The van der Waals surface area contributed by atoms with Crippen molar-refractivity contribution >= 4 is 23.2 Å². The van der Waals surface area contributed by atoms with E-state index in [1.807, 2.05) is 44.2 Å². The van der Waals surface area contributed by atoms with E-state index in [1.54, 1.807) is 6.07 Å². The molecule has 1 fully saturated rings. The van der Waals surface area contributed by atoms with Crippen LogP contribution in [0.4, 0.5) is 0 Å². The van der Waals surface area contributed by atoms with Gasteiger partial charge >= 0.3 is 0 Å². The first-order valence-electron chi connectivity index (χ1n) is 11.5. The van der Waals surface area contributed by atoms with E-state index in [1.165, 1.54) is 6.07 Å². The average Bonchev–Trinajstić information content (AvgIpc) is 2.83. The van der Waals surface area contributed by atoms with Crippen LogP contribution in [0.2, 0.25) is 0 Å². The zero-order valence-electron chi connectivity index (χ0n) is 19.4. The highest BCUT2D eigenvalue weighted by atomic mass is 16.3. The van der Waals surface area contributed by atoms with E-state index in [0.29, 0.717) is 5.56 Å². The van der Waals surface area contributed by atoms with Crippen LogP contribution in [0.3, 0.4) is 0 Å². The number of carbonyl (C=O) groups excluding carboxylic acids is 3. The second kappa shape index (κ2) is 8.70. The van der Waals surface area contributed by atoms with E-state index in [2.05, 4.69) is 0 Å². The summed E-state index contributed by atoms with van der Waals surface area (Å²) in [6.07, 6.45) is 0.0351. The van der Waals surface area contributed by atoms with Crippen molar-refractivity contribution in [2.75, 3.05) is 0 Å². The molecule has 0 aromatic heterocycles. The summed E-state index contributed by atoms with van der Waals surface area (Å²) in [5.74, 6) is -6.32. The highest BCUT2D eigenvalue weighted by molar-refractivity contribution is 6.22. The quantitative estimate of drug-likeness (QED) is 0.416. The monoisotopic (exact) mass is 477 g/mol. The third-order valence-corrected chi connectivity index (χ3v) is 7.03. The van der Waals surface area contributed by atoms with Crippen molar-refractivity contribution in [1.29, 1.82) is 0 Å². The largest absolute Gasteiger partial charge is 0.508 e. The van der Waals surface area contributed by atoms with Crippen LogP contribution in [0.1, 0.15) is 37.8 Å². The van der Waals surface area contributed by atoms with Crippen LogP contribution in [0, 0.1) is 11.8 Å². The molecule has 2 unspecified atom stereocenters. The molecule has 3 aliphatic carbocycles. The van der Waals surface area contributed by atoms with Crippen LogP contribution in [0.15, 0.2) is 59.4 Å². The van der Waals surface area contributed by atoms with Gasteiger partial charge in [0.1, 0.15) is 22.8 Å². The molecule has 8 nitrogen and oxygen atoms in total. The highest BCUT2D eigenvalue weighted by Crippen LogP contribution is 2.52. The first-order valence-corrected chi connectivity index (χ1v) is 11.5. The van der Waals surface area contributed by atoms with E-state index in [0.717, 1.165) is 11.1 Å². The fraction of sp³-hybridized carbons (Fsp3) is 0.296. The SMILES string of the molecule is CC.NC(=O)C1=C(O)[C@@]2(O)C(=O)C3=C(O)c4c(O)ccc(-c5ccccc5)c4CC3CC2CC1=O. The van der Waals surface area contributed by atoms with E-state index >= 15 is 0 Å². The molecule has 8 heteroatoms. The number of phenolic OH excluding ortho intramolecular Hbond substituents is 1. The number of Topliss-reactive ketones (excluding diaryl/α,β-unsaturated/α-hetero) is 2. The Morgan fingerprint density at radius 2 is 1.66 bits per heavy atom. The van der Waals surface area contributed by atoms with Gasteiger partial charge in [-0.25, -0.2) is 0 Å². The minimum atomic E-state index is -2.55. The van der Waals surface area contributed by atoms with Crippen molar-refractivity contribution in [2.45, 2.75) is 38.7 Å². The van der Waals surface area contributed by atoms with Gasteiger partial charge in [-0.15, -0.1) is 0 Å². The fourth-order valence-electron chi connectivity index (χ4n) is 5.51. The second-order valence-corrected chi connectivity index (χ2v) is 8.76. The number of phenols is 1. The summed E-state index contributed by atoms with van der Waals surface area (Å²) in [7, 11) is 0. The number of benzene rings is 2. The lowest BCUT2D eigenvalue weighted by Gasteiger charge is -2.46. The Morgan fingerprint density at radius 1 is 1.00 bits per heavy atom. The lowest BCUT2D eigenvalue weighted by molar-refractivity contribution is -0.147. The minimum Gasteiger partial charge on any atom is -0.508 e. The molecule has 1 amide bonds. The average molecular weight is 478 g/mol. The number of amides is 1. The predicted octanol–water partition coefficient (Wildman–Crippen LogP) is 3.12. The van der Waals surface area contributed by atoms with Crippen molar-refractivity contribution in [3.05, 3.63) is 70.5 Å². The number of fused-ring (bicyclic) bond motifs is 3. The molecule has 0 spiro atoms. The van der Waals surface area contributed by atoms with Gasteiger partial charge in [0.2, 0.25) is 5.78 Å². The van der Waals surface area contributed by atoms with Gasteiger partial charge in [-0.2, -0.15) is 0 Å². The minimum absolute atomic E-state index is 0.0866. The molecule has 0 heterocycles. The van der Waals surface area contributed by atoms with Gasteiger partial charge in [-0.3, -0.25) is 14.4 Å². The number of aromatic hydroxyl groups is 1. The molecule has 3 aliphatic rings. The Balaban J connectivity index is 0.00000141. The lowest BCUT2D eigenvalue weighted by atomic mass is 9.59. The van der Waals surface area contributed by atoms with Crippen LogP contribution < -0.4 is 5.73 Å².